The highest BCUT2D eigenvalue weighted by atomic mass is 16.2. The van der Waals surface area contributed by atoms with E-state index in [0.29, 0.717) is 24.2 Å². The maximum absolute atomic E-state index is 13.2. The molecule has 1 unspecified atom stereocenters. The lowest BCUT2D eigenvalue weighted by Crippen LogP contribution is -2.60. The van der Waals surface area contributed by atoms with Crippen molar-refractivity contribution in [3.8, 4) is 0 Å². The topological polar surface area (TPSA) is 118 Å². The van der Waals surface area contributed by atoms with Crippen LogP contribution in [0.2, 0.25) is 0 Å². The molecule has 1 atom stereocenters. The highest BCUT2D eigenvalue weighted by molar-refractivity contribution is 5.96. The van der Waals surface area contributed by atoms with Crippen LogP contribution < -0.4 is 21.6 Å². The first-order valence-electron chi connectivity index (χ1n) is 16.1. The standard InChI is InChI=1S/C34H43N9O2/c1-34(14-17-41(18-15-34)26-20-39(2)21-26)23-10-12-24(13-11-23)37-32-30(31(35)44)36-19-29(38-32)42-16-6-7-25(22-42)43-28-9-5-4-8-27(28)40(3)33(43)45/h4-5,8-13,19,25-26H,6-7,14-18,20-22H2,1-3H3,(H2,35,44)(H,37,38). The predicted octanol–water partition coefficient (Wildman–Crippen LogP) is 3.48. The molecule has 0 radical (unpaired) electrons. The fourth-order valence-electron chi connectivity index (χ4n) is 7.51. The third-order valence-electron chi connectivity index (χ3n) is 10.4. The zero-order valence-corrected chi connectivity index (χ0v) is 26.4. The summed E-state index contributed by atoms with van der Waals surface area (Å²) >= 11 is 0. The van der Waals surface area contributed by atoms with Crippen molar-refractivity contribution in [2.75, 3.05) is 56.5 Å². The Morgan fingerprint density at radius 3 is 2.36 bits per heavy atom. The molecule has 3 fully saturated rings. The molecule has 3 aliphatic heterocycles. The Hall–Kier alpha value is -4.22. The maximum atomic E-state index is 13.2. The second-order valence-electron chi connectivity index (χ2n) is 13.4. The number of carbonyl (C=O) groups is 1. The number of imidazole rings is 1. The Labute approximate surface area is 263 Å². The number of likely N-dealkylation sites (N-methyl/N-ethyl adjacent to an activating group) is 1. The summed E-state index contributed by atoms with van der Waals surface area (Å²) in [6.07, 6.45) is 5.68. The van der Waals surface area contributed by atoms with Crippen molar-refractivity contribution in [1.82, 2.24) is 28.9 Å². The summed E-state index contributed by atoms with van der Waals surface area (Å²) < 4.78 is 3.62. The Morgan fingerprint density at radius 1 is 0.956 bits per heavy atom. The van der Waals surface area contributed by atoms with Crippen LogP contribution >= 0.6 is 0 Å². The molecule has 4 aromatic rings. The summed E-state index contributed by atoms with van der Waals surface area (Å²) in [7, 11) is 4.01. The van der Waals surface area contributed by atoms with Gasteiger partial charge in [-0.05, 0) is 81.1 Å². The van der Waals surface area contributed by atoms with Crippen molar-refractivity contribution in [2.24, 2.45) is 12.8 Å². The van der Waals surface area contributed by atoms with Gasteiger partial charge in [-0.1, -0.05) is 31.2 Å². The summed E-state index contributed by atoms with van der Waals surface area (Å²) in [6, 6.07) is 17.1. The number of rotatable bonds is 7. The number of hydrogen-bond donors (Lipinski definition) is 2. The maximum Gasteiger partial charge on any atom is 0.329 e. The van der Waals surface area contributed by atoms with E-state index >= 15 is 0 Å². The van der Waals surface area contributed by atoms with E-state index in [9.17, 15) is 9.59 Å². The number of likely N-dealkylation sites (tertiary alicyclic amines) is 2. The minimum atomic E-state index is -0.635. The number of hydrogen-bond acceptors (Lipinski definition) is 8. The molecule has 11 nitrogen and oxygen atoms in total. The molecule has 5 heterocycles. The van der Waals surface area contributed by atoms with Crippen molar-refractivity contribution >= 4 is 34.3 Å². The Morgan fingerprint density at radius 2 is 1.67 bits per heavy atom. The van der Waals surface area contributed by atoms with Gasteiger partial charge in [-0.25, -0.2) is 14.8 Å². The number of nitrogens with two attached hydrogens (primary N) is 1. The molecule has 45 heavy (non-hydrogen) atoms. The van der Waals surface area contributed by atoms with Gasteiger partial charge >= 0.3 is 5.69 Å². The fourth-order valence-corrected chi connectivity index (χ4v) is 7.51. The van der Waals surface area contributed by atoms with Crippen LogP contribution in [0.4, 0.5) is 17.3 Å². The lowest BCUT2D eigenvalue weighted by Gasteiger charge is -2.48. The van der Waals surface area contributed by atoms with Crippen molar-refractivity contribution in [3.63, 3.8) is 0 Å². The van der Waals surface area contributed by atoms with Crippen LogP contribution in [0.15, 0.2) is 59.5 Å². The van der Waals surface area contributed by atoms with Gasteiger partial charge in [-0.2, -0.15) is 0 Å². The minimum absolute atomic E-state index is 0.0118. The van der Waals surface area contributed by atoms with Crippen LogP contribution in [-0.4, -0.2) is 87.2 Å². The molecular weight excluding hydrogens is 566 g/mol. The average molecular weight is 610 g/mol. The van der Waals surface area contributed by atoms with Crippen molar-refractivity contribution < 1.29 is 4.79 Å². The molecule has 11 heteroatoms. The number of primary amides is 1. The molecule has 236 valence electrons. The van der Waals surface area contributed by atoms with E-state index in [2.05, 4.69) is 63.2 Å². The third kappa shape index (κ3) is 5.48. The minimum Gasteiger partial charge on any atom is -0.364 e. The summed E-state index contributed by atoms with van der Waals surface area (Å²) in [4.78, 5) is 42.0. The first-order valence-corrected chi connectivity index (χ1v) is 16.1. The molecule has 2 aromatic carbocycles. The number of nitrogens with zero attached hydrogens (tertiary/aromatic N) is 7. The highest BCUT2D eigenvalue weighted by Gasteiger charge is 2.37. The van der Waals surface area contributed by atoms with Crippen molar-refractivity contribution in [2.45, 2.75) is 50.1 Å². The molecule has 0 spiro atoms. The molecule has 7 rings (SSSR count). The molecule has 3 aliphatic rings. The first-order chi connectivity index (χ1) is 21.7. The van der Waals surface area contributed by atoms with E-state index < -0.39 is 5.91 Å². The van der Waals surface area contributed by atoms with E-state index in [4.69, 9.17) is 10.7 Å². The number of carbonyl (C=O) groups excluding carboxylic acids is 1. The number of piperidine rings is 2. The Bertz CT molecular complexity index is 1760. The van der Waals surface area contributed by atoms with Gasteiger partial charge in [0.1, 0.15) is 5.82 Å². The number of para-hydroxylation sites is 2. The molecule has 2 aromatic heterocycles. The smallest absolute Gasteiger partial charge is 0.329 e. The van der Waals surface area contributed by atoms with E-state index in [1.807, 2.05) is 35.9 Å². The van der Waals surface area contributed by atoms with Crippen LogP contribution in [0.3, 0.4) is 0 Å². The number of nitrogens with one attached hydrogen (secondary N) is 1. The molecule has 3 saturated heterocycles. The number of benzene rings is 2. The Kier molecular flexibility index (Phi) is 7.61. The van der Waals surface area contributed by atoms with Crippen LogP contribution in [0.5, 0.6) is 0 Å². The lowest BCUT2D eigenvalue weighted by molar-refractivity contribution is 0.0254. The number of amides is 1. The van der Waals surface area contributed by atoms with Crippen LogP contribution in [-0.2, 0) is 12.5 Å². The van der Waals surface area contributed by atoms with E-state index in [-0.39, 0.29) is 22.8 Å². The van der Waals surface area contributed by atoms with Gasteiger partial charge in [0.2, 0.25) is 0 Å². The molecule has 1 amide bonds. The van der Waals surface area contributed by atoms with Crippen LogP contribution in [0, 0.1) is 0 Å². The van der Waals surface area contributed by atoms with E-state index in [0.717, 1.165) is 62.0 Å². The number of fused-ring (bicyclic) bond motifs is 1. The second kappa shape index (κ2) is 11.6. The molecular formula is C34H43N9O2. The number of aromatic nitrogens is 4. The van der Waals surface area contributed by atoms with Crippen molar-refractivity contribution in [3.05, 3.63) is 76.5 Å². The van der Waals surface area contributed by atoms with Crippen LogP contribution in [0.1, 0.15) is 54.7 Å². The summed E-state index contributed by atoms with van der Waals surface area (Å²) in [5.74, 6) is 0.347. The zero-order valence-electron chi connectivity index (χ0n) is 26.4. The zero-order chi connectivity index (χ0) is 31.3. The number of anilines is 3. The normalized spacial score (nSPS) is 21.1. The summed E-state index contributed by atoms with van der Waals surface area (Å²) in [5.41, 5.74) is 9.95. The average Bonchev–Trinajstić information content (AvgIpc) is 3.29. The molecule has 3 N–H and O–H groups in total. The predicted molar refractivity (Wildman–Crippen MR) is 177 cm³/mol. The van der Waals surface area contributed by atoms with Crippen molar-refractivity contribution in [1.29, 1.82) is 0 Å². The Balaban J connectivity index is 1.08. The summed E-state index contributed by atoms with van der Waals surface area (Å²) in [5, 5.41) is 3.32. The SMILES string of the molecule is CN1CC(N2CCC(C)(c3ccc(Nc4nc(N5CCCC(n6c(=O)n(C)c7ccccc76)C5)cnc4C(N)=O)cc3)CC2)C1. The molecule has 0 bridgehead atoms. The third-order valence-corrected chi connectivity index (χ3v) is 10.4. The number of aryl methyl sites for hydroxylation is 1. The van der Waals surface area contributed by atoms with E-state index in [1.165, 1.54) is 18.7 Å². The van der Waals surface area contributed by atoms with Gasteiger partial charge in [-0.3, -0.25) is 18.8 Å². The second-order valence-corrected chi connectivity index (χ2v) is 13.4. The largest absolute Gasteiger partial charge is 0.364 e. The van der Waals surface area contributed by atoms with Gasteiger partial charge in [0, 0.05) is 45.0 Å². The van der Waals surface area contributed by atoms with E-state index in [1.54, 1.807) is 10.8 Å². The lowest BCUT2D eigenvalue weighted by atomic mass is 9.74. The highest BCUT2D eigenvalue weighted by Crippen LogP contribution is 2.37. The molecule has 0 saturated carbocycles. The van der Waals surface area contributed by atoms with Gasteiger partial charge in [0.15, 0.2) is 11.5 Å². The first kappa shape index (κ1) is 29.5. The van der Waals surface area contributed by atoms with Gasteiger partial charge in [0.05, 0.1) is 23.3 Å². The van der Waals surface area contributed by atoms with Gasteiger partial charge in [-0.15, -0.1) is 0 Å². The van der Waals surface area contributed by atoms with Gasteiger partial charge < -0.3 is 20.9 Å². The quantitative estimate of drug-likeness (QED) is 0.327. The molecule has 0 aliphatic carbocycles. The summed E-state index contributed by atoms with van der Waals surface area (Å²) in [6.45, 7) is 8.38. The monoisotopic (exact) mass is 609 g/mol. The fraction of sp³-hybridized carbons (Fsp3) is 0.471. The van der Waals surface area contributed by atoms with Crippen LogP contribution in [0.25, 0.3) is 11.0 Å². The van der Waals surface area contributed by atoms with Gasteiger partial charge in [0.25, 0.3) is 5.91 Å².